The van der Waals surface area contributed by atoms with Crippen LogP contribution in [0.25, 0.3) is 0 Å². The van der Waals surface area contributed by atoms with E-state index < -0.39 is 54.1 Å². The summed E-state index contributed by atoms with van der Waals surface area (Å²) in [6.45, 7) is 2.99. The van der Waals surface area contributed by atoms with Crippen molar-refractivity contribution in [1.82, 2.24) is 16.0 Å². The van der Waals surface area contributed by atoms with Crippen molar-refractivity contribution in [3.05, 3.63) is 0 Å². The van der Waals surface area contributed by atoms with Crippen molar-refractivity contribution < 1.29 is 58.7 Å². The number of carbonyl (C=O) groups is 6. The van der Waals surface area contributed by atoms with Crippen molar-refractivity contribution in [2.45, 2.75) is 75.4 Å². The number of hydrogen-bond acceptors (Lipinski definition) is 15. The van der Waals surface area contributed by atoms with Crippen molar-refractivity contribution in [3.8, 4) is 0 Å². The Morgan fingerprint density at radius 2 is 1.32 bits per heavy atom. The number of esters is 3. The number of ether oxygens (including phenoxy) is 2. The van der Waals surface area contributed by atoms with Crippen LogP contribution in [0.1, 0.15) is 39.0 Å². The second kappa shape index (κ2) is 20.6. The lowest BCUT2D eigenvalue weighted by Gasteiger charge is -2.18. The number of nitrogens with two attached hydrogens (primary N) is 3. The fourth-order valence-electron chi connectivity index (χ4n) is 3.48. The van der Waals surface area contributed by atoms with Gasteiger partial charge in [0.05, 0.1) is 19.2 Å². The topological polar surface area (TPSA) is 316 Å². The summed E-state index contributed by atoms with van der Waals surface area (Å²) < 4.78 is 9.25. The summed E-state index contributed by atoms with van der Waals surface area (Å²) in [4.78, 5) is 62.8. The summed E-state index contributed by atoms with van der Waals surface area (Å²) in [6.07, 6.45) is 2.57. The van der Waals surface area contributed by atoms with Crippen LogP contribution in [0, 0.1) is 0 Å². The van der Waals surface area contributed by atoms with Crippen LogP contribution in [0.5, 0.6) is 0 Å². The lowest BCUT2D eigenvalue weighted by Crippen LogP contribution is -2.43. The highest BCUT2D eigenvalue weighted by Crippen LogP contribution is 2.15. The number of carboxylic acids is 3. The van der Waals surface area contributed by atoms with E-state index in [0.717, 1.165) is 38.8 Å². The molecule has 0 bridgehead atoms. The van der Waals surface area contributed by atoms with E-state index in [1.807, 2.05) is 0 Å². The van der Waals surface area contributed by atoms with Gasteiger partial charge >= 0.3 is 35.8 Å². The number of rotatable bonds is 8. The second-order valence-corrected chi connectivity index (χ2v) is 9.03. The van der Waals surface area contributed by atoms with Crippen LogP contribution in [0.15, 0.2) is 0 Å². The Balaban J connectivity index is 0.000000554. The maximum absolute atomic E-state index is 11.7. The molecule has 3 aliphatic heterocycles. The highest BCUT2D eigenvalue weighted by Gasteiger charge is 2.37. The number of aliphatic hydroxyl groups is 1. The number of aliphatic carboxylic acids is 3. The van der Waals surface area contributed by atoms with Crippen LogP contribution >= 0.6 is 0 Å². The average molecular weight is 595 g/mol. The molecule has 6 atom stereocenters. The molecule has 3 aliphatic rings. The van der Waals surface area contributed by atoms with Crippen molar-refractivity contribution in [1.29, 1.82) is 0 Å². The molecule has 13 N–H and O–H groups in total. The average Bonchev–Trinajstić information content (AvgIpc) is 3.71. The Labute approximate surface area is 236 Å². The third kappa shape index (κ3) is 15.9. The molecule has 0 aliphatic carbocycles. The molecule has 3 fully saturated rings. The minimum absolute atomic E-state index is 0.255. The van der Waals surface area contributed by atoms with Crippen LogP contribution in [-0.2, 0) is 38.2 Å². The summed E-state index contributed by atoms with van der Waals surface area (Å²) in [5.41, 5.74) is 14.5. The molecule has 41 heavy (non-hydrogen) atoms. The number of carbonyl (C=O) groups excluding carboxylic acids is 3. The first kappa shape index (κ1) is 37.7. The largest absolute Gasteiger partial charge is 0.480 e. The van der Waals surface area contributed by atoms with Gasteiger partial charge in [-0.05, 0) is 58.7 Å². The van der Waals surface area contributed by atoms with Gasteiger partial charge in [-0.15, -0.1) is 0 Å². The summed E-state index contributed by atoms with van der Waals surface area (Å²) in [5.74, 6) is -4.70. The van der Waals surface area contributed by atoms with Gasteiger partial charge in [-0.3, -0.25) is 28.8 Å². The van der Waals surface area contributed by atoms with Gasteiger partial charge in [0.15, 0.2) is 0 Å². The smallest absolute Gasteiger partial charge is 0.327 e. The van der Waals surface area contributed by atoms with E-state index in [1.165, 1.54) is 6.92 Å². The molecule has 0 spiro atoms. The zero-order valence-electron chi connectivity index (χ0n) is 22.8. The van der Waals surface area contributed by atoms with Gasteiger partial charge in [-0.25, -0.2) is 0 Å². The minimum Gasteiger partial charge on any atom is -0.480 e. The standard InChI is InChI=1S/C10H16N2O4.C5H9NO2.C4H8N2O3.C4H9NO3/c13-9(14)8-7(3-5-12-8)16-10(15)6-2-1-4-11-6;7-5(8)4-2-1-3-6-4;5-1-3(7)9-4(8)2-6;1-2(6)3(5)4(7)8/h6-8,11-12H,1-5H2,(H,13,14);4,6H,1-3H2,(H,7,8);1-2,5-6H2;2-3,6H,5H2,1H3,(H,7,8)/t6-,7?,8-;4-;;2-,3+/m00.1/s1. The summed E-state index contributed by atoms with van der Waals surface area (Å²) in [6, 6.07) is -2.44. The second-order valence-electron chi connectivity index (χ2n) is 9.03. The van der Waals surface area contributed by atoms with E-state index in [-0.39, 0.29) is 31.1 Å². The Hall–Kier alpha value is -3.26. The predicted octanol–water partition coefficient (Wildman–Crippen LogP) is -4.33. The van der Waals surface area contributed by atoms with Gasteiger partial charge < -0.3 is 63.1 Å². The van der Waals surface area contributed by atoms with Crippen LogP contribution in [0.4, 0.5) is 0 Å². The first-order valence-corrected chi connectivity index (χ1v) is 12.9. The molecule has 18 heteroatoms. The molecule has 1 unspecified atom stereocenters. The Kier molecular flexibility index (Phi) is 19.0. The van der Waals surface area contributed by atoms with E-state index in [2.05, 4.69) is 20.7 Å². The van der Waals surface area contributed by atoms with Gasteiger partial charge in [0.25, 0.3) is 0 Å². The quantitative estimate of drug-likeness (QED) is 0.0937. The Morgan fingerprint density at radius 3 is 1.63 bits per heavy atom. The normalized spacial score (nSPS) is 24.0. The van der Waals surface area contributed by atoms with E-state index in [9.17, 15) is 28.8 Å². The van der Waals surface area contributed by atoms with Crippen LogP contribution in [0.3, 0.4) is 0 Å². The summed E-state index contributed by atoms with van der Waals surface area (Å²) in [5, 5.41) is 42.5. The lowest BCUT2D eigenvalue weighted by molar-refractivity contribution is -0.158. The van der Waals surface area contributed by atoms with Gasteiger partial charge in [0.2, 0.25) is 0 Å². The first-order valence-electron chi connectivity index (χ1n) is 12.9. The van der Waals surface area contributed by atoms with Crippen molar-refractivity contribution in [2.24, 2.45) is 17.2 Å². The van der Waals surface area contributed by atoms with Crippen LogP contribution in [0.2, 0.25) is 0 Å². The molecule has 0 saturated carbocycles. The molecule has 0 aromatic carbocycles. The zero-order chi connectivity index (χ0) is 31.5. The molecule has 0 radical (unpaired) electrons. The predicted molar refractivity (Wildman–Crippen MR) is 140 cm³/mol. The van der Waals surface area contributed by atoms with Gasteiger partial charge in [0.1, 0.15) is 30.3 Å². The lowest BCUT2D eigenvalue weighted by atomic mass is 10.1. The molecule has 3 heterocycles. The molecule has 0 amide bonds. The number of carboxylic acid groups (broad SMARTS) is 3. The maximum Gasteiger partial charge on any atom is 0.327 e. The maximum atomic E-state index is 11.7. The van der Waals surface area contributed by atoms with Crippen LogP contribution in [-0.4, -0.2) is 125 Å². The minimum atomic E-state index is -1.18. The highest BCUT2D eigenvalue weighted by atomic mass is 16.6. The third-order valence-corrected chi connectivity index (χ3v) is 5.77. The molecule has 236 valence electrons. The SMILES string of the molecule is C[C@@H](O)[C@H](N)C(=O)O.NCC(=O)OC(=O)CN.O=C(O)[C@@H]1CCCN1.O=C(OC1CCN[C@@H]1C(=O)O)[C@@H]1CCCN1. The van der Waals surface area contributed by atoms with Gasteiger partial charge in [0, 0.05) is 0 Å². The molecular formula is C23H42N6O12. The molecule has 0 aromatic heterocycles. The van der Waals surface area contributed by atoms with E-state index in [0.29, 0.717) is 13.0 Å². The molecule has 18 nitrogen and oxygen atoms in total. The first-order chi connectivity index (χ1) is 19.2. The highest BCUT2D eigenvalue weighted by molar-refractivity contribution is 5.87. The summed E-state index contributed by atoms with van der Waals surface area (Å²) >= 11 is 0. The summed E-state index contributed by atoms with van der Waals surface area (Å²) in [7, 11) is 0. The third-order valence-electron chi connectivity index (χ3n) is 5.77. The number of nitrogens with one attached hydrogen (secondary N) is 3. The molecule has 0 aromatic rings. The van der Waals surface area contributed by atoms with E-state index >= 15 is 0 Å². The zero-order valence-corrected chi connectivity index (χ0v) is 22.8. The molecule has 3 saturated heterocycles. The Bertz CT molecular complexity index is 836. The van der Waals surface area contributed by atoms with Gasteiger partial charge in [-0.1, -0.05) is 0 Å². The van der Waals surface area contributed by atoms with Crippen molar-refractivity contribution in [3.63, 3.8) is 0 Å². The van der Waals surface area contributed by atoms with Crippen molar-refractivity contribution in [2.75, 3.05) is 32.7 Å². The number of hydrogen-bond donors (Lipinski definition) is 10. The van der Waals surface area contributed by atoms with E-state index in [1.54, 1.807) is 0 Å². The van der Waals surface area contributed by atoms with E-state index in [4.69, 9.17) is 42.4 Å². The molecule has 3 rings (SSSR count). The Morgan fingerprint density at radius 1 is 0.805 bits per heavy atom. The monoisotopic (exact) mass is 594 g/mol. The van der Waals surface area contributed by atoms with Crippen LogP contribution < -0.4 is 33.2 Å². The fraction of sp³-hybridized carbons (Fsp3) is 0.739. The molecular weight excluding hydrogens is 552 g/mol. The van der Waals surface area contributed by atoms with Crippen molar-refractivity contribution >= 4 is 35.8 Å². The number of aliphatic hydroxyl groups excluding tert-OH is 1. The van der Waals surface area contributed by atoms with Gasteiger partial charge in [-0.2, -0.15) is 0 Å². The fourth-order valence-corrected chi connectivity index (χ4v) is 3.48.